The van der Waals surface area contributed by atoms with Gasteiger partial charge in [-0.05, 0) is 38.5 Å². The van der Waals surface area contributed by atoms with Crippen molar-refractivity contribution in [3.63, 3.8) is 0 Å². The lowest BCUT2D eigenvalue weighted by atomic mass is 10.2. The maximum Gasteiger partial charge on any atom is 0.387 e. The maximum absolute atomic E-state index is 12.5. The van der Waals surface area contributed by atoms with E-state index in [4.69, 9.17) is 0 Å². The SMILES string of the molecule is Cc1ccc(NC(=O)C(C)n2cc([N+](=O)[O-])c(C)n2)c(OC(F)F)c1. The summed E-state index contributed by atoms with van der Waals surface area (Å²) in [7, 11) is 0. The fraction of sp³-hybridized carbons (Fsp3) is 0.333. The zero-order valence-corrected chi connectivity index (χ0v) is 13.7. The number of hydrogen-bond donors (Lipinski definition) is 1. The molecule has 0 bridgehead atoms. The number of aryl methyl sites for hydroxylation is 2. The second kappa shape index (κ2) is 7.24. The predicted octanol–water partition coefficient (Wildman–Crippen LogP) is 3.21. The molecular weight excluding hydrogens is 338 g/mol. The van der Waals surface area contributed by atoms with Crippen LogP contribution in [0.15, 0.2) is 24.4 Å². The number of carbonyl (C=O) groups excluding carboxylic acids is 1. The number of nitro groups is 1. The van der Waals surface area contributed by atoms with E-state index in [1.54, 1.807) is 13.0 Å². The Hall–Kier alpha value is -3.04. The Morgan fingerprint density at radius 3 is 2.64 bits per heavy atom. The number of hydrogen-bond acceptors (Lipinski definition) is 5. The van der Waals surface area contributed by atoms with E-state index in [1.165, 1.54) is 26.0 Å². The molecule has 1 amide bonds. The minimum atomic E-state index is -3.04. The number of carbonyl (C=O) groups is 1. The van der Waals surface area contributed by atoms with Crippen molar-refractivity contribution in [2.75, 3.05) is 5.32 Å². The highest BCUT2D eigenvalue weighted by Crippen LogP contribution is 2.28. The van der Waals surface area contributed by atoms with Gasteiger partial charge >= 0.3 is 12.3 Å². The number of alkyl halides is 2. The van der Waals surface area contributed by atoms with Crippen LogP contribution in [0.3, 0.4) is 0 Å². The average Bonchev–Trinajstić information content (AvgIpc) is 2.90. The van der Waals surface area contributed by atoms with Crippen molar-refractivity contribution in [1.82, 2.24) is 9.78 Å². The van der Waals surface area contributed by atoms with Crippen LogP contribution in [0.2, 0.25) is 0 Å². The third kappa shape index (κ3) is 4.28. The van der Waals surface area contributed by atoms with Gasteiger partial charge < -0.3 is 10.1 Å². The van der Waals surface area contributed by atoms with Crippen molar-refractivity contribution in [1.29, 1.82) is 0 Å². The van der Waals surface area contributed by atoms with E-state index in [9.17, 15) is 23.7 Å². The molecule has 1 aromatic heterocycles. The van der Waals surface area contributed by atoms with Crippen LogP contribution in [0.4, 0.5) is 20.2 Å². The molecule has 0 spiro atoms. The zero-order chi connectivity index (χ0) is 18.7. The number of aromatic nitrogens is 2. The molecule has 2 aromatic rings. The van der Waals surface area contributed by atoms with Crippen LogP contribution in [0.1, 0.15) is 24.2 Å². The molecule has 0 radical (unpaired) electrons. The van der Waals surface area contributed by atoms with Gasteiger partial charge in [-0.15, -0.1) is 0 Å². The zero-order valence-electron chi connectivity index (χ0n) is 13.7. The fourth-order valence-corrected chi connectivity index (χ4v) is 2.13. The van der Waals surface area contributed by atoms with Crippen LogP contribution < -0.4 is 10.1 Å². The van der Waals surface area contributed by atoms with Gasteiger partial charge in [0, 0.05) is 0 Å². The molecule has 1 atom stereocenters. The molecule has 1 N–H and O–H groups in total. The number of halogens is 2. The Labute approximate surface area is 141 Å². The number of amides is 1. The monoisotopic (exact) mass is 354 g/mol. The van der Waals surface area contributed by atoms with Gasteiger partial charge in [-0.3, -0.25) is 19.6 Å². The first-order valence-corrected chi connectivity index (χ1v) is 7.25. The molecule has 0 aliphatic heterocycles. The second-order valence-electron chi connectivity index (χ2n) is 5.38. The summed E-state index contributed by atoms with van der Waals surface area (Å²) in [4.78, 5) is 22.6. The van der Waals surface area contributed by atoms with Crippen molar-refractivity contribution in [3.8, 4) is 5.75 Å². The Morgan fingerprint density at radius 1 is 1.40 bits per heavy atom. The molecule has 0 saturated heterocycles. The maximum atomic E-state index is 12.5. The third-order valence-electron chi connectivity index (χ3n) is 3.47. The Kier molecular flexibility index (Phi) is 5.30. The van der Waals surface area contributed by atoms with Crippen molar-refractivity contribution in [2.24, 2.45) is 0 Å². The highest BCUT2D eigenvalue weighted by Gasteiger charge is 2.23. The van der Waals surface area contributed by atoms with Gasteiger partial charge in [-0.2, -0.15) is 13.9 Å². The largest absolute Gasteiger partial charge is 0.433 e. The summed E-state index contributed by atoms with van der Waals surface area (Å²) in [6.45, 7) is 1.59. The summed E-state index contributed by atoms with van der Waals surface area (Å²) >= 11 is 0. The topological polar surface area (TPSA) is 99.3 Å². The van der Waals surface area contributed by atoms with Crippen LogP contribution in [-0.2, 0) is 4.79 Å². The Morgan fingerprint density at radius 2 is 2.08 bits per heavy atom. The molecule has 0 fully saturated rings. The Bertz CT molecular complexity index is 807. The normalized spacial score (nSPS) is 12.1. The van der Waals surface area contributed by atoms with Crippen LogP contribution in [0.5, 0.6) is 5.75 Å². The number of anilines is 1. The lowest BCUT2D eigenvalue weighted by molar-refractivity contribution is -0.385. The lowest BCUT2D eigenvalue weighted by Gasteiger charge is -2.15. The van der Waals surface area contributed by atoms with Crippen LogP contribution >= 0.6 is 0 Å². The predicted molar refractivity (Wildman–Crippen MR) is 84.8 cm³/mol. The second-order valence-corrected chi connectivity index (χ2v) is 5.38. The average molecular weight is 354 g/mol. The summed E-state index contributed by atoms with van der Waals surface area (Å²) in [5.41, 5.74) is 0.708. The van der Waals surface area contributed by atoms with E-state index in [2.05, 4.69) is 15.2 Å². The smallest absolute Gasteiger partial charge is 0.387 e. The number of nitrogens with zero attached hydrogens (tertiary/aromatic N) is 3. The minimum absolute atomic E-state index is 0.0705. The van der Waals surface area contributed by atoms with Crippen LogP contribution in [-0.4, -0.2) is 27.2 Å². The highest BCUT2D eigenvalue weighted by atomic mass is 19.3. The van der Waals surface area contributed by atoms with Gasteiger partial charge in [-0.25, -0.2) is 0 Å². The standard InChI is InChI=1S/C15H16F2N4O4/c1-8-4-5-11(13(6-8)25-15(16)17)18-14(22)10(3)20-7-12(21(23)24)9(2)19-20/h4-7,10,15H,1-3H3,(H,18,22). The molecule has 1 aromatic carbocycles. The first-order chi connectivity index (χ1) is 11.7. The number of nitrogens with one attached hydrogen (secondary N) is 1. The first kappa shape index (κ1) is 18.3. The van der Waals surface area contributed by atoms with Crippen molar-refractivity contribution >= 4 is 17.3 Å². The van der Waals surface area contributed by atoms with E-state index in [0.717, 1.165) is 10.9 Å². The molecule has 0 aliphatic rings. The first-order valence-electron chi connectivity index (χ1n) is 7.25. The molecule has 0 saturated carbocycles. The molecule has 0 aliphatic carbocycles. The van der Waals surface area contributed by atoms with E-state index >= 15 is 0 Å². The number of ether oxygens (including phenoxy) is 1. The lowest BCUT2D eigenvalue weighted by Crippen LogP contribution is -2.24. The Balaban J connectivity index is 2.22. The van der Waals surface area contributed by atoms with E-state index < -0.39 is 23.5 Å². The van der Waals surface area contributed by atoms with Gasteiger partial charge in [-0.1, -0.05) is 6.07 Å². The summed E-state index contributed by atoms with van der Waals surface area (Å²) in [6, 6.07) is 3.54. The van der Waals surface area contributed by atoms with E-state index in [-0.39, 0.29) is 22.8 Å². The minimum Gasteiger partial charge on any atom is -0.433 e. The van der Waals surface area contributed by atoms with Crippen LogP contribution in [0.25, 0.3) is 0 Å². The highest BCUT2D eigenvalue weighted by molar-refractivity contribution is 5.94. The van der Waals surface area contributed by atoms with Gasteiger partial charge in [0.25, 0.3) is 0 Å². The van der Waals surface area contributed by atoms with Crippen molar-refractivity contribution in [3.05, 3.63) is 45.8 Å². The van der Waals surface area contributed by atoms with E-state index in [1.807, 2.05) is 0 Å². The molecule has 25 heavy (non-hydrogen) atoms. The molecule has 1 unspecified atom stereocenters. The molecule has 8 nitrogen and oxygen atoms in total. The number of rotatable bonds is 6. The van der Waals surface area contributed by atoms with Crippen molar-refractivity contribution in [2.45, 2.75) is 33.4 Å². The summed E-state index contributed by atoms with van der Waals surface area (Å²) in [6.07, 6.45) is 1.14. The summed E-state index contributed by atoms with van der Waals surface area (Å²) in [5, 5.41) is 17.3. The van der Waals surface area contributed by atoms with Gasteiger partial charge in [0.15, 0.2) is 0 Å². The third-order valence-corrected chi connectivity index (χ3v) is 3.47. The van der Waals surface area contributed by atoms with E-state index in [0.29, 0.717) is 5.56 Å². The van der Waals surface area contributed by atoms with Gasteiger partial charge in [0.05, 0.1) is 10.6 Å². The molecule has 10 heteroatoms. The molecular formula is C15H16F2N4O4. The molecule has 1 heterocycles. The fourth-order valence-electron chi connectivity index (χ4n) is 2.13. The van der Waals surface area contributed by atoms with Crippen LogP contribution in [0, 0.1) is 24.0 Å². The van der Waals surface area contributed by atoms with Gasteiger partial charge in [0.1, 0.15) is 23.7 Å². The summed E-state index contributed by atoms with van der Waals surface area (Å²) < 4.78 is 30.6. The summed E-state index contributed by atoms with van der Waals surface area (Å²) in [5.74, 6) is -0.751. The quantitative estimate of drug-likeness (QED) is 0.634. The molecule has 2 rings (SSSR count). The molecule has 134 valence electrons. The van der Waals surface area contributed by atoms with Gasteiger partial charge in [0.2, 0.25) is 5.91 Å². The number of benzene rings is 1. The van der Waals surface area contributed by atoms with Crippen molar-refractivity contribution < 1.29 is 23.2 Å².